The van der Waals surface area contributed by atoms with Crippen molar-refractivity contribution in [3.05, 3.63) is 29.3 Å². The number of rotatable bonds is 2. The van der Waals surface area contributed by atoms with E-state index in [1.165, 1.54) is 11.1 Å². The number of ether oxygens (including phenoxy) is 1. The van der Waals surface area contributed by atoms with Crippen LogP contribution in [0, 0.1) is 0 Å². The van der Waals surface area contributed by atoms with Crippen molar-refractivity contribution in [3.8, 4) is 0 Å². The summed E-state index contributed by atoms with van der Waals surface area (Å²) in [6.45, 7) is 9.12. The Morgan fingerprint density at radius 1 is 1.39 bits per heavy atom. The summed E-state index contributed by atoms with van der Waals surface area (Å²) in [6, 6.07) is 6.86. The third-order valence-corrected chi connectivity index (χ3v) is 4.34. The van der Waals surface area contributed by atoms with Gasteiger partial charge in [0.25, 0.3) is 0 Å². The number of carbonyl (C=O) groups excluding carboxylic acids is 1. The molecule has 1 atom stereocenters. The first-order valence-corrected chi connectivity index (χ1v) is 8.48. The monoisotopic (exact) mass is 317 g/mol. The number of nitrogens with zero attached hydrogens (tertiary/aromatic N) is 1. The van der Waals surface area contributed by atoms with Crippen molar-refractivity contribution < 1.29 is 9.53 Å². The van der Waals surface area contributed by atoms with E-state index in [1.807, 2.05) is 25.7 Å². The van der Waals surface area contributed by atoms with Crippen molar-refractivity contribution in [2.24, 2.45) is 0 Å². The quantitative estimate of drug-likeness (QED) is 0.881. The number of amides is 1. The molecule has 1 saturated heterocycles. The molecule has 5 heteroatoms. The molecule has 126 valence electrons. The van der Waals surface area contributed by atoms with E-state index in [-0.39, 0.29) is 6.09 Å². The first kappa shape index (κ1) is 16.1. The predicted octanol–water partition coefficient (Wildman–Crippen LogP) is 2.75. The topological polar surface area (TPSA) is 53.6 Å². The first-order chi connectivity index (χ1) is 10.9. The fourth-order valence-electron chi connectivity index (χ4n) is 3.20. The largest absolute Gasteiger partial charge is 0.444 e. The molecule has 1 aromatic rings. The van der Waals surface area contributed by atoms with Gasteiger partial charge in [0.05, 0.1) is 6.54 Å². The number of benzene rings is 1. The van der Waals surface area contributed by atoms with Crippen LogP contribution in [-0.4, -0.2) is 42.3 Å². The van der Waals surface area contributed by atoms with E-state index in [4.69, 9.17) is 4.74 Å². The summed E-state index contributed by atoms with van der Waals surface area (Å²) in [5, 5.41) is 7.01. The second kappa shape index (κ2) is 6.40. The van der Waals surface area contributed by atoms with E-state index in [0.29, 0.717) is 12.6 Å². The third kappa shape index (κ3) is 3.96. The molecular weight excluding hydrogens is 290 g/mol. The summed E-state index contributed by atoms with van der Waals surface area (Å²) in [5.41, 5.74) is 3.27. The fourth-order valence-corrected chi connectivity index (χ4v) is 3.20. The molecule has 1 unspecified atom stereocenters. The third-order valence-electron chi connectivity index (χ3n) is 4.34. The molecule has 1 amide bonds. The van der Waals surface area contributed by atoms with E-state index in [1.54, 1.807) is 0 Å². The number of carbonyl (C=O) groups is 1. The molecule has 0 bridgehead atoms. The minimum Gasteiger partial charge on any atom is -0.444 e. The van der Waals surface area contributed by atoms with Crippen LogP contribution in [-0.2, 0) is 17.7 Å². The first-order valence-electron chi connectivity index (χ1n) is 8.48. The van der Waals surface area contributed by atoms with E-state index in [2.05, 4.69) is 28.8 Å². The van der Waals surface area contributed by atoms with Crippen molar-refractivity contribution in [2.75, 3.05) is 25.0 Å². The van der Waals surface area contributed by atoms with Crippen LogP contribution in [0.5, 0.6) is 0 Å². The minimum atomic E-state index is -0.454. The lowest BCUT2D eigenvalue weighted by Crippen LogP contribution is -2.40. The molecule has 3 rings (SSSR count). The molecule has 23 heavy (non-hydrogen) atoms. The second-order valence-electron chi connectivity index (χ2n) is 7.43. The normalized spacial score (nSPS) is 21.0. The Kier molecular flexibility index (Phi) is 4.48. The van der Waals surface area contributed by atoms with E-state index < -0.39 is 5.60 Å². The van der Waals surface area contributed by atoms with Crippen molar-refractivity contribution in [1.29, 1.82) is 0 Å². The van der Waals surface area contributed by atoms with Crippen LogP contribution < -0.4 is 10.6 Å². The molecule has 1 aromatic carbocycles. The molecule has 2 N–H and O–H groups in total. The van der Waals surface area contributed by atoms with Crippen LogP contribution in [0.3, 0.4) is 0 Å². The summed E-state index contributed by atoms with van der Waals surface area (Å²) in [6.07, 6.45) is 1.80. The van der Waals surface area contributed by atoms with Crippen LogP contribution in [0.1, 0.15) is 38.3 Å². The number of hydrogen-bond donors (Lipinski definition) is 2. The summed E-state index contributed by atoms with van der Waals surface area (Å²) in [5.74, 6) is 0. The smallest absolute Gasteiger partial charge is 0.410 e. The van der Waals surface area contributed by atoms with Crippen molar-refractivity contribution >= 4 is 11.8 Å². The molecule has 0 saturated carbocycles. The predicted molar refractivity (Wildman–Crippen MR) is 91.7 cm³/mol. The average Bonchev–Trinajstić information content (AvgIpc) is 2.98. The van der Waals surface area contributed by atoms with Gasteiger partial charge < -0.3 is 20.3 Å². The van der Waals surface area contributed by atoms with Crippen molar-refractivity contribution in [3.63, 3.8) is 0 Å². The van der Waals surface area contributed by atoms with Gasteiger partial charge in [-0.05, 0) is 57.4 Å². The second-order valence-corrected chi connectivity index (χ2v) is 7.43. The molecule has 1 fully saturated rings. The Bertz CT molecular complexity index is 574. The van der Waals surface area contributed by atoms with Gasteiger partial charge in [0.1, 0.15) is 5.60 Å². The van der Waals surface area contributed by atoms with Crippen LogP contribution in [0.2, 0.25) is 0 Å². The standard InChI is InChI=1S/C18H27N3O2/c1-18(2,3)23-17(22)21-10-8-13-5-4-6-16(15(13)12-21)20-14-7-9-19-11-14/h4-6,14,19-20H,7-12H2,1-3H3. The maximum Gasteiger partial charge on any atom is 0.410 e. The van der Waals surface area contributed by atoms with Gasteiger partial charge >= 0.3 is 6.09 Å². The fraction of sp³-hybridized carbons (Fsp3) is 0.611. The lowest BCUT2D eigenvalue weighted by molar-refractivity contribution is 0.0224. The summed E-state index contributed by atoms with van der Waals surface area (Å²) >= 11 is 0. The summed E-state index contributed by atoms with van der Waals surface area (Å²) in [4.78, 5) is 14.2. The summed E-state index contributed by atoms with van der Waals surface area (Å²) in [7, 11) is 0. The Labute approximate surface area is 138 Å². The number of fused-ring (bicyclic) bond motifs is 1. The molecule has 0 aliphatic carbocycles. The Morgan fingerprint density at radius 2 is 2.22 bits per heavy atom. The van der Waals surface area contributed by atoms with Gasteiger partial charge in [0.15, 0.2) is 0 Å². The zero-order valence-corrected chi connectivity index (χ0v) is 14.3. The van der Waals surface area contributed by atoms with E-state index >= 15 is 0 Å². The lowest BCUT2D eigenvalue weighted by Gasteiger charge is -2.32. The lowest BCUT2D eigenvalue weighted by atomic mass is 9.97. The molecule has 2 aliphatic rings. The molecule has 0 spiro atoms. The van der Waals surface area contributed by atoms with Gasteiger partial charge in [-0.3, -0.25) is 0 Å². The molecule has 2 heterocycles. The average molecular weight is 317 g/mol. The van der Waals surface area contributed by atoms with Gasteiger partial charge in [0, 0.05) is 24.8 Å². The summed E-state index contributed by atoms with van der Waals surface area (Å²) < 4.78 is 5.52. The SMILES string of the molecule is CC(C)(C)OC(=O)N1CCc2cccc(NC3CCNC3)c2C1. The number of hydrogen-bond acceptors (Lipinski definition) is 4. The molecule has 2 aliphatic heterocycles. The van der Waals surface area contributed by atoms with Crippen molar-refractivity contribution in [2.45, 2.75) is 51.8 Å². The van der Waals surface area contributed by atoms with Crippen LogP contribution in [0.25, 0.3) is 0 Å². The molecule has 5 nitrogen and oxygen atoms in total. The van der Waals surface area contributed by atoms with Crippen LogP contribution in [0.4, 0.5) is 10.5 Å². The molecule has 0 radical (unpaired) electrons. The van der Waals surface area contributed by atoms with E-state index in [0.717, 1.165) is 38.2 Å². The van der Waals surface area contributed by atoms with Gasteiger partial charge in [-0.1, -0.05) is 12.1 Å². The zero-order valence-electron chi connectivity index (χ0n) is 14.3. The highest BCUT2D eigenvalue weighted by Gasteiger charge is 2.27. The van der Waals surface area contributed by atoms with Crippen LogP contribution >= 0.6 is 0 Å². The molecule has 0 aromatic heterocycles. The highest BCUT2D eigenvalue weighted by molar-refractivity contribution is 5.70. The number of nitrogens with one attached hydrogen (secondary N) is 2. The van der Waals surface area contributed by atoms with Crippen molar-refractivity contribution in [1.82, 2.24) is 10.2 Å². The Morgan fingerprint density at radius 3 is 2.91 bits per heavy atom. The minimum absolute atomic E-state index is 0.222. The van der Waals surface area contributed by atoms with Gasteiger partial charge in [-0.25, -0.2) is 4.79 Å². The van der Waals surface area contributed by atoms with Gasteiger partial charge in [-0.2, -0.15) is 0 Å². The van der Waals surface area contributed by atoms with Gasteiger partial charge in [0.2, 0.25) is 0 Å². The zero-order chi connectivity index (χ0) is 16.4. The van der Waals surface area contributed by atoms with E-state index in [9.17, 15) is 4.79 Å². The maximum atomic E-state index is 12.4. The maximum absolute atomic E-state index is 12.4. The highest BCUT2D eigenvalue weighted by Crippen LogP contribution is 2.28. The Balaban J connectivity index is 1.74. The van der Waals surface area contributed by atoms with Gasteiger partial charge in [-0.15, -0.1) is 0 Å². The molecular formula is C18H27N3O2. The Hall–Kier alpha value is -1.75. The number of anilines is 1. The van der Waals surface area contributed by atoms with Crippen LogP contribution in [0.15, 0.2) is 18.2 Å². The highest BCUT2D eigenvalue weighted by atomic mass is 16.6.